The van der Waals surface area contributed by atoms with Gasteiger partial charge in [0.2, 0.25) is 0 Å². The molecular formula is C14H20F3NOS. The lowest BCUT2D eigenvalue weighted by Gasteiger charge is -2.14. The summed E-state index contributed by atoms with van der Waals surface area (Å²) in [6.07, 6.45) is 0.416. The Labute approximate surface area is 121 Å². The predicted molar refractivity (Wildman–Crippen MR) is 75.5 cm³/mol. The van der Waals surface area contributed by atoms with Gasteiger partial charge in [0.1, 0.15) is 0 Å². The van der Waals surface area contributed by atoms with Gasteiger partial charge in [-0.2, -0.15) is 13.2 Å². The van der Waals surface area contributed by atoms with E-state index in [2.05, 4.69) is 5.32 Å². The number of hydrogen-bond acceptors (Lipinski definition) is 3. The Bertz CT molecular complexity index is 392. The molecule has 114 valence electrons. The van der Waals surface area contributed by atoms with E-state index in [0.29, 0.717) is 12.5 Å². The van der Waals surface area contributed by atoms with Gasteiger partial charge in [-0.1, -0.05) is 19.1 Å². The normalized spacial score (nSPS) is 15.1. The molecule has 2 atom stereocenters. The van der Waals surface area contributed by atoms with E-state index >= 15 is 0 Å². The summed E-state index contributed by atoms with van der Waals surface area (Å²) in [5, 5.41) is 12.5. The maximum absolute atomic E-state index is 12.2. The number of benzene rings is 1. The highest BCUT2D eigenvalue weighted by atomic mass is 32.2. The van der Waals surface area contributed by atoms with Gasteiger partial charge < -0.3 is 10.4 Å². The molecular weight excluding hydrogens is 287 g/mol. The molecule has 2 N–H and O–H groups in total. The van der Waals surface area contributed by atoms with Crippen molar-refractivity contribution < 1.29 is 18.3 Å². The molecule has 1 rings (SSSR count). The summed E-state index contributed by atoms with van der Waals surface area (Å²) < 4.78 is 36.5. The Morgan fingerprint density at radius 1 is 1.20 bits per heavy atom. The molecule has 1 aromatic carbocycles. The number of hydrogen-bond donors (Lipinski definition) is 2. The third-order valence-electron chi connectivity index (χ3n) is 2.72. The minimum Gasteiger partial charge on any atom is -0.393 e. The Kier molecular flexibility index (Phi) is 6.85. The van der Waals surface area contributed by atoms with Crippen LogP contribution in [0.4, 0.5) is 13.2 Å². The SMILES string of the molecule is CC(O)CC(C)CNCc1ccc(SC(F)(F)F)cc1. The molecule has 20 heavy (non-hydrogen) atoms. The first-order valence-corrected chi connectivity index (χ1v) is 7.31. The summed E-state index contributed by atoms with van der Waals surface area (Å²) in [5.41, 5.74) is -3.29. The molecule has 0 aliphatic heterocycles. The molecule has 0 fully saturated rings. The van der Waals surface area contributed by atoms with Crippen LogP contribution in [0, 0.1) is 5.92 Å². The molecule has 0 saturated carbocycles. The van der Waals surface area contributed by atoms with Crippen molar-refractivity contribution >= 4 is 11.8 Å². The highest BCUT2D eigenvalue weighted by Gasteiger charge is 2.28. The van der Waals surface area contributed by atoms with Gasteiger partial charge >= 0.3 is 5.51 Å². The van der Waals surface area contributed by atoms with Gasteiger partial charge in [0.05, 0.1) is 6.10 Å². The number of nitrogens with one attached hydrogen (secondary N) is 1. The Morgan fingerprint density at radius 3 is 2.30 bits per heavy atom. The summed E-state index contributed by atoms with van der Waals surface area (Å²) >= 11 is -0.103. The Morgan fingerprint density at radius 2 is 1.80 bits per heavy atom. The van der Waals surface area contributed by atoms with Gasteiger partial charge in [-0.25, -0.2) is 0 Å². The molecule has 0 aliphatic carbocycles. The third kappa shape index (κ3) is 7.77. The van der Waals surface area contributed by atoms with E-state index < -0.39 is 5.51 Å². The lowest BCUT2D eigenvalue weighted by molar-refractivity contribution is -0.0328. The summed E-state index contributed by atoms with van der Waals surface area (Å²) in [4.78, 5) is 0.198. The number of halogens is 3. The van der Waals surface area contributed by atoms with Crippen LogP contribution in [-0.2, 0) is 6.54 Å². The smallest absolute Gasteiger partial charge is 0.393 e. The van der Waals surface area contributed by atoms with E-state index in [1.807, 2.05) is 6.92 Å². The zero-order valence-electron chi connectivity index (χ0n) is 11.6. The molecule has 0 spiro atoms. The quantitative estimate of drug-likeness (QED) is 0.752. The largest absolute Gasteiger partial charge is 0.446 e. The maximum Gasteiger partial charge on any atom is 0.446 e. The maximum atomic E-state index is 12.2. The first kappa shape index (κ1) is 17.3. The fourth-order valence-corrected chi connectivity index (χ4v) is 2.48. The van der Waals surface area contributed by atoms with Crippen molar-refractivity contribution in [2.24, 2.45) is 5.92 Å². The molecule has 6 heteroatoms. The van der Waals surface area contributed by atoms with E-state index in [1.165, 1.54) is 12.1 Å². The van der Waals surface area contributed by atoms with Gasteiger partial charge in [0, 0.05) is 11.4 Å². The summed E-state index contributed by atoms with van der Waals surface area (Å²) in [5.74, 6) is 0.357. The van der Waals surface area contributed by atoms with Gasteiger partial charge in [0.15, 0.2) is 0 Å². The van der Waals surface area contributed by atoms with E-state index in [9.17, 15) is 18.3 Å². The van der Waals surface area contributed by atoms with Crippen LogP contribution in [-0.4, -0.2) is 23.3 Å². The van der Waals surface area contributed by atoms with E-state index in [1.54, 1.807) is 19.1 Å². The highest BCUT2D eigenvalue weighted by molar-refractivity contribution is 8.00. The molecule has 0 bridgehead atoms. The van der Waals surface area contributed by atoms with Gasteiger partial charge in [0.25, 0.3) is 0 Å². The second-order valence-corrected chi connectivity index (χ2v) is 6.15. The van der Waals surface area contributed by atoms with Crippen LogP contribution < -0.4 is 5.32 Å². The van der Waals surface area contributed by atoms with E-state index in [4.69, 9.17) is 0 Å². The fourth-order valence-electron chi connectivity index (χ4n) is 1.94. The van der Waals surface area contributed by atoms with Crippen LogP contribution in [0.3, 0.4) is 0 Å². The van der Waals surface area contributed by atoms with Crippen molar-refractivity contribution in [3.63, 3.8) is 0 Å². The minimum absolute atomic E-state index is 0.103. The van der Waals surface area contributed by atoms with Gasteiger partial charge in [-0.15, -0.1) is 0 Å². The van der Waals surface area contributed by atoms with Gasteiger partial charge in [-0.05, 0) is 55.3 Å². The minimum atomic E-state index is -4.24. The number of aliphatic hydroxyl groups is 1. The number of alkyl halides is 3. The average Bonchev–Trinajstić information content (AvgIpc) is 2.28. The highest BCUT2D eigenvalue weighted by Crippen LogP contribution is 2.36. The molecule has 2 unspecified atom stereocenters. The first-order valence-electron chi connectivity index (χ1n) is 6.49. The molecule has 0 heterocycles. The fraction of sp³-hybridized carbons (Fsp3) is 0.571. The predicted octanol–water partition coefficient (Wildman–Crippen LogP) is 3.80. The topological polar surface area (TPSA) is 32.3 Å². The lowest BCUT2D eigenvalue weighted by Crippen LogP contribution is -2.23. The van der Waals surface area contributed by atoms with Crippen molar-refractivity contribution in [2.75, 3.05) is 6.54 Å². The first-order chi connectivity index (χ1) is 9.26. The molecule has 1 aromatic rings. The lowest BCUT2D eigenvalue weighted by atomic mass is 10.0. The van der Waals surface area contributed by atoms with Crippen molar-refractivity contribution in [2.45, 2.75) is 43.3 Å². The van der Waals surface area contributed by atoms with E-state index in [-0.39, 0.29) is 22.8 Å². The summed E-state index contributed by atoms with van der Waals surface area (Å²) in [6, 6.07) is 6.35. The molecule has 0 amide bonds. The standard InChI is InChI=1S/C14H20F3NOS/c1-10(7-11(2)19)8-18-9-12-3-5-13(6-4-12)20-14(15,16)17/h3-6,10-11,18-19H,7-9H2,1-2H3. The van der Waals surface area contributed by atoms with Crippen molar-refractivity contribution in [1.82, 2.24) is 5.32 Å². The second-order valence-electron chi connectivity index (χ2n) is 5.01. The van der Waals surface area contributed by atoms with Crippen LogP contribution in [0.15, 0.2) is 29.2 Å². The van der Waals surface area contributed by atoms with Crippen LogP contribution >= 0.6 is 11.8 Å². The Hall–Kier alpha value is -0.720. The van der Waals surface area contributed by atoms with Crippen LogP contribution in [0.5, 0.6) is 0 Å². The molecule has 2 nitrogen and oxygen atoms in total. The van der Waals surface area contributed by atoms with Gasteiger partial charge in [-0.3, -0.25) is 0 Å². The summed E-state index contributed by atoms with van der Waals surface area (Å²) in [7, 11) is 0. The monoisotopic (exact) mass is 307 g/mol. The third-order valence-corrected chi connectivity index (χ3v) is 3.46. The van der Waals surface area contributed by atoms with Crippen LogP contribution in [0.25, 0.3) is 0 Å². The number of rotatable bonds is 7. The molecule has 0 radical (unpaired) electrons. The zero-order chi connectivity index (χ0) is 15.2. The van der Waals surface area contributed by atoms with Crippen LogP contribution in [0.1, 0.15) is 25.8 Å². The average molecular weight is 307 g/mol. The zero-order valence-corrected chi connectivity index (χ0v) is 12.4. The van der Waals surface area contributed by atoms with Crippen molar-refractivity contribution in [3.8, 4) is 0 Å². The number of thioether (sulfide) groups is 1. The van der Waals surface area contributed by atoms with Crippen LogP contribution in [0.2, 0.25) is 0 Å². The molecule has 0 aliphatic rings. The van der Waals surface area contributed by atoms with E-state index in [0.717, 1.165) is 18.5 Å². The van der Waals surface area contributed by atoms with Crippen molar-refractivity contribution in [3.05, 3.63) is 29.8 Å². The number of aliphatic hydroxyl groups excluding tert-OH is 1. The van der Waals surface area contributed by atoms with Crippen molar-refractivity contribution in [1.29, 1.82) is 0 Å². The molecule has 0 aromatic heterocycles. The Balaban J connectivity index is 2.35. The molecule has 0 saturated heterocycles. The summed E-state index contributed by atoms with van der Waals surface area (Å²) in [6.45, 7) is 5.18. The second kappa shape index (κ2) is 7.90.